The number of hydrogen-bond donors (Lipinski definition) is 0. The van der Waals surface area contributed by atoms with Crippen LogP contribution >= 0.6 is 0 Å². The number of pyridine rings is 1. The summed E-state index contributed by atoms with van der Waals surface area (Å²) in [5.41, 5.74) is 2.07. The summed E-state index contributed by atoms with van der Waals surface area (Å²) in [5, 5.41) is 15.0. The predicted molar refractivity (Wildman–Crippen MR) is 134 cm³/mol. The molecule has 0 atom stereocenters. The number of aromatic nitrogens is 4. The number of sulfonamides is 1. The van der Waals surface area contributed by atoms with Crippen molar-refractivity contribution in [1.82, 2.24) is 23.6 Å². The zero-order valence-corrected chi connectivity index (χ0v) is 22.0. The largest absolute Gasteiger partial charge is 0.361 e. The fourth-order valence-electron chi connectivity index (χ4n) is 4.19. The number of nitriles is 1. The van der Waals surface area contributed by atoms with E-state index in [0.29, 0.717) is 6.73 Å². The maximum absolute atomic E-state index is 12.2. The van der Waals surface area contributed by atoms with Gasteiger partial charge in [0, 0.05) is 62.9 Å². The van der Waals surface area contributed by atoms with Crippen LogP contribution in [0.1, 0.15) is 13.3 Å². The topological polar surface area (TPSA) is 106 Å². The lowest BCUT2D eigenvalue weighted by Crippen LogP contribution is -2.64. The zero-order valence-electron chi connectivity index (χ0n) is 20.2. The molecule has 3 aromatic heterocycles. The van der Waals surface area contributed by atoms with E-state index in [0.717, 1.165) is 34.8 Å². The average Bonchev–Trinajstić information content (AvgIpc) is 3.38. The van der Waals surface area contributed by atoms with Crippen molar-refractivity contribution in [1.29, 1.82) is 5.26 Å². The highest BCUT2D eigenvalue weighted by atomic mass is 32.2. The van der Waals surface area contributed by atoms with Gasteiger partial charge in [-0.1, -0.05) is 19.6 Å². The van der Waals surface area contributed by atoms with Crippen molar-refractivity contribution in [3.05, 3.63) is 36.9 Å². The van der Waals surface area contributed by atoms with Crippen LogP contribution in [0.2, 0.25) is 25.7 Å². The minimum Gasteiger partial charge on any atom is -0.361 e. The number of ether oxygens (including phenoxy) is 1. The lowest BCUT2D eigenvalue weighted by molar-refractivity contribution is 0.0719. The third-order valence-electron chi connectivity index (χ3n) is 6.35. The van der Waals surface area contributed by atoms with Crippen molar-refractivity contribution in [2.24, 2.45) is 0 Å². The highest BCUT2D eigenvalue weighted by molar-refractivity contribution is 7.89. The fourth-order valence-corrected chi connectivity index (χ4v) is 6.18. The first-order valence-corrected chi connectivity index (χ1v) is 16.8. The fraction of sp³-hybridized carbons (Fsp3) is 0.522. The second-order valence-corrected chi connectivity index (χ2v) is 18.0. The SMILES string of the molecule is CCS(=O)(=O)N1CC(CC#N)(n2cc(-c3cn(COCC[Si](C)(C)C)c4ncccc34)cn2)C1. The average molecular weight is 501 g/mol. The van der Waals surface area contributed by atoms with Crippen LogP contribution < -0.4 is 0 Å². The number of fused-ring (bicyclic) bond motifs is 1. The molecular formula is C23H32N6O3SSi. The second kappa shape index (κ2) is 9.26. The van der Waals surface area contributed by atoms with E-state index in [1.54, 1.807) is 24.0 Å². The van der Waals surface area contributed by atoms with Gasteiger partial charge in [-0.25, -0.2) is 13.4 Å². The van der Waals surface area contributed by atoms with Gasteiger partial charge >= 0.3 is 0 Å². The third-order valence-corrected chi connectivity index (χ3v) is 9.83. The number of rotatable bonds is 10. The van der Waals surface area contributed by atoms with E-state index in [1.807, 2.05) is 29.1 Å². The Labute approximate surface area is 202 Å². The van der Waals surface area contributed by atoms with E-state index in [-0.39, 0.29) is 25.3 Å². The van der Waals surface area contributed by atoms with E-state index < -0.39 is 23.6 Å². The summed E-state index contributed by atoms with van der Waals surface area (Å²) in [6.07, 6.45) is 7.67. The molecule has 0 aliphatic carbocycles. The number of hydrogen-bond acceptors (Lipinski definition) is 6. The Hall–Kier alpha value is -2.52. The van der Waals surface area contributed by atoms with Crippen LogP contribution in [0.5, 0.6) is 0 Å². The summed E-state index contributed by atoms with van der Waals surface area (Å²) in [7, 11) is -4.45. The summed E-state index contributed by atoms with van der Waals surface area (Å²) in [6.45, 7) is 10.3. The van der Waals surface area contributed by atoms with Crippen molar-refractivity contribution in [3.8, 4) is 17.2 Å². The molecule has 4 heterocycles. The van der Waals surface area contributed by atoms with Crippen LogP contribution in [0.25, 0.3) is 22.2 Å². The summed E-state index contributed by atoms with van der Waals surface area (Å²) in [5.74, 6) is 0.0481. The molecule has 1 aliphatic heterocycles. The first-order valence-electron chi connectivity index (χ1n) is 11.5. The van der Waals surface area contributed by atoms with Gasteiger partial charge in [0.25, 0.3) is 0 Å². The van der Waals surface area contributed by atoms with Gasteiger partial charge in [-0.15, -0.1) is 0 Å². The Morgan fingerprint density at radius 2 is 2.03 bits per heavy atom. The molecule has 0 N–H and O–H groups in total. The van der Waals surface area contributed by atoms with Gasteiger partial charge in [0.1, 0.15) is 17.9 Å². The van der Waals surface area contributed by atoms with E-state index in [1.165, 1.54) is 4.31 Å². The Kier molecular flexibility index (Phi) is 6.70. The minimum absolute atomic E-state index is 0.0481. The molecule has 1 fully saturated rings. The van der Waals surface area contributed by atoms with Gasteiger partial charge in [-0.3, -0.25) is 4.68 Å². The first kappa shape index (κ1) is 24.6. The Morgan fingerprint density at radius 3 is 2.71 bits per heavy atom. The molecule has 1 aliphatic rings. The molecule has 182 valence electrons. The minimum atomic E-state index is -3.29. The van der Waals surface area contributed by atoms with Crippen molar-refractivity contribution in [3.63, 3.8) is 0 Å². The third kappa shape index (κ3) is 4.81. The highest BCUT2D eigenvalue weighted by Crippen LogP contribution is 2.36. The molecule has 9 nitrogen and oxygen atoms in total. The van der Waals surface area contributed by atoms with Crippen molar-refractivity contribution in [2.45, 2.75) is 51.3 Å². The molecule has 0 unspecified atom stereocenters. The summed E-state index contributed by atoms with van der Waals surface area (Å²) < 4.78 is 35.6. The molecule has 1 saturated heterocycles. The molecule has 0 amide bonds. The molecule has 11 heteroatoms. The van der Waals surface area contributed by atoms with Crippen LogP contribution in [-0.2, 0) is 27.0 Å². The molecule has 0 saturated carbocycles. The monoisotopic (exact) mass is 500 g/mol. The molecular weight excluding hydrogens is 468 g/mol. The van der Waals surface area contributed by atoms with Crippen LogP contribution in [0.4, 0.5) is 0 Å². The predicted octanol–water partition coefficient (Wildman–Crippen LogP) is 3.49. The van der Waals surface area contributed by atoms with Crippen LogP contribution in [0, 0.1) is 11.3 Å². The Balaban J connectivity index is 1.59. The molecule has 0 bridgehead atoms. The zero-order chi connectivity index (χ0) is 24.6. The number of nitrogens with zero attached hydrogens (tertiary/aromatic N) is 6. The van der Waals surface area contributed by atoms with Crippen LogP contribution in [-0.4, -0.2) is 65.6 Å². The van der Waals surface area contributed by atoms with Crippen molar-refractivity contribution < 1.29 is 13.2 Å². The van der Waals surface area contributed by atoms with E-state index in [9.17, 15) is 13.7 Å². The van der Waals surface area contributed by atoms with Crippen molar-refractivity contribution in [2.75, 3.05) is 25.4 Å². The van der Waals surface area contributed by atoms with Gasteiger partial charge in [-0.2, -0.15) is 14.7 Å². The summed E-state index contributed by atoms with van der Waals surface area (Å²) in [6, 6.07) is 7.24. The second-order valence-electron chi connectivity index (χ2n) is 10.1. The molecule has 3 aromatic rings. The maximum atomic E-state index is 12.2. The van der Waals surface area contributed by atoms with E-state index >= 15 is 0 Å². The van der Waals surface area contributed by atoms with E-state index in [4.69, 9.17) is 4.74 Å². The standard InChI is InChI=1S/C23H32N6O3SSi/c1-5-33(30,31)28-16-23(17-28,8-9-24)29-14-19(13-26-29)21-15-27(18-32-11-12-34(2,3)4)22-20(21)7-6-10-25-22/h6-7,10,13-15H,5,8,11-12,16-18H2,1-4H3. The van der Waals surface area contributed by atoms with Gasteiger partial charge in [0.05, 0.1) is 24.4 Å². The highest BCUT2D eigenvalue weighted by Gasteiger charge is 2.49. The van der Waals surface area contributed by atoms with Crippen molar-refractivity contribution >= 4 is 29.1 Å². The van der Waals surface area contributed by atoms with Gasteiger partial charge in [-0.05, 0) is 25.1 Å². The molecule has 4 rings (SSSR count). The van der Waals surface area contributed by atoms with Gasteiger partial charge in [0.2, 0.25) is 10.0 Å². The molecule has 0 spiro atoms. The molecule has 0 aromatic carbocycles. The van der Waals surface area contributed by atoms with E-state index in [2.05, 4.69) is 35.8 Å². The normalized spacial score (nSPS) is 16.4. The quantitative estimate of drug-likeness (QED) is 0.312. The smallest absolute Gasteiger partial charge is 0.213 e. The first-order chi connectivity index (χ1) is 16.1. The van der Waals surface area contributed by atoms with Gasteiger partial charge < -0.3 is 9.30 Å². The van der Waals surface area contributed by atoms with Gasteiger partial charge in [0.15, 0.2) is 0 Å². The Bertz CT molecular complexity index is 1310. The summed E-state index contributed by atoms with van der Waals surface area (Å²) >= 11 is 0. The molecule has 0 radical (unpaired) electrons. The maximum Gasteiger partial charge on any atom is 0.213 e. The lowest BCUT2D eigenvalue weighted by Gasteiger charge is -2.47. The Morgan fingerprint density at radius 1 is 1.26 bits per heavy atom. The van der Waals surface area contributed by atoms with Crippen LogP contribution in [0.3, 0.4) is 0 Å². The van der Waals surface area contributed by atoms with Crippen LogP contribution in [0.15, 0.2) is 36.9 Å². The summed E-state index contributed by atoms with van der Waals surface area (Å²) in [4.78, 5) is 4.56. The lowest BCUT2D eigenvalue weighted by atomic mass is 9.89. The molecule has 34 heavy (non-hydrogen) atoms.